The van der Waals surface area contributed by atoms with Gasteiger partial charge in [-0.1, -0.05) is 18.2 Å². The van der Waals surface area contributed by atoms with Gasteiger partial charge in [0.15, 0.2) is 0 Å². The fourth-order valence-electron chi connectivity index (χ4n) is 2.28. The number of nitrogens with zero attached hydrogens (tertiary/aromatic N) is 2. The van der Waals surface area contributed by atoms with E-state index in [-0.39, 0.29) is 0 Å². The molecule has 0 spiro atoms. The molecule has 1 aromatic heterocycles. The van der Waals surface area contributed by atoms with Crippen molar-refractivity contribution in [2.24, 2.45) is 0 Å². The average molecular weight is 297 g/mol. The molecule has 21 heavy (non-hydrogen) atoms. The number of pyridine rings is 1. The SMILES string of the molecule is CN(C)c1cccc(Nc2ccc(C3CC=CS3)cn2)c1. The molecule has 2 aromatic rings. The maximum Gasteiger partial charge on any atom is 0.130 e. The highest BCUT2D eigenvalue weighted by Crippen LogP contribution is 2.38. The van der Waals surface area contributed by atoms with E-state index < -0.39 is 0 Å². The van der Waals surface area contributed by atoms with Gasteiger partial charge in [-0.3, -0.25) is 0 Å². The molecule has 0 radical (unpaired) electrons. The average Bonchev–Trinajstić information content (AvgIpc) is 3.02. The summed E-state index contributed by atoms with van der Waals surface area (Å²) < 4.78 is 0. The van der Waals surface area contributed by atoms with Crippen LogP contribution in [0.5, 0.6) is 0 Å². The number of benzene rings is 1. The van der Waals surface area contributed by atoms with Crippen molar-refractivity contribution in [2.75, 3.05) is 24.3 Å². The number of hydrogen-bond donors (Lipinski definition) is 1. The molecule has 108 valence electrons. The Labute approximate surface area is 130 Å². The standard InChI is InChI=1S/C17H19N3S/c1-20(2)15-6-3-5-14(11-15)19-17-9-8-13(12-18-17)16-7-4-10-21-16/h3-6,8-12,16H,7H2,1-2H3,(H,18,19). The van der Waals surface area contributed by atoms with E-state index in [2.05, 4.69) is 57.0 Å². The third kappa shape index (κ3) is 3.39. The lowest BCUT2D eigenvalue weighted by Crippen LogP contribution is -2.08. The fraction of sp³-hybridized carbons (Fsp3) is 0.235. The summed E-state index contributed by atoms with van der Waals surface area (Å²) in [7, 11) is 4.08. The number of hydrogen-bond acceptors (Lipinski definition) is 4. The zero-order chi connectivity index (χ0) is 14.7. The molecule has 1 N–H and O–H groups in total. The number of allylic oxidation sites excluding steroid dienone is 1. The van der Waals surface area contributed by atoms with E-state index in [1.54, 1.807) is 0 Å². The van der Waals surface area contributed by atoms with Gasteiger partial charge in [-0.15, -0.1) is 11.8 Å². The Morgan fingerprint density at radius 2 is 2.14 bits per heavy atom. The Bertz CT molecular complexity index is 627. The van der Waals surface area contributed by atoms with Crippen molar-refractivity contribution >= 4 is 29.0 Å². The van der Waals surface area contributed by atoms with Crippen molar-refractivity contribution in [3.8, 4) is 0 Å². The minimum Gasteiger partial charge on any atom is -0.378 e. The second kappa shape index (κ2) is 6.22. The highest BCUT2D eigenvalue weighted by atomic mass is 32.2. The molecule has 2 heterocycles. The molecule has 3 nitrogen and oxygen atoms in total. The molecule has 0 saturated carbocycles. The summed E-state index contributed by atoms with van der Waals surface area (Å²) in [4.78, 5) is 6.62. The van der Waals surface area contributed by atoms with Gasteiger partial charge < -0.3 is 10.2 Å². The first kappa shape index (κ1) is 14.0. The highest BCUT2D eigenvalue weighted by molar-refractivity contribution is 8.02. The van der Waals surface area contributed by atoms with Gasteiger partial charge in [0.1, 0.15) is 5.82 Å². The van der Waals surface area contributed by atoms with Crippen LogP contribution in [0.25, 0.3) is 0 Å². The van der Waals surface area contributed by atoms with Gasteiger partial charge in [-0.2, -0.15) is 0 Å². The van der Waals surface area contributed by atoms with Crippen LogP contribution >= 0.6 is 11.8 Å². The largest absolute Gasteiger partial charge is 0.378 e. The van der Waals surface area contributed by atoms with E-state index in [1.165, 1.54) is 11.3 Å². The van der Waals surface area contributed by atoms with E-state index in [1.807, 2.05) is 38.1 Å². The van der Waals surface area contributed by atoms with Crippen molar-refractivity contribution in [1.29, 1.82) is 0 Å². The molecule has 0 fully saturated rings. The predicted molar refractivity (Wildman–Crippen MR) is 92.4 cm³/mol. The Morgan fingerprint density at radius 3 is 2.81 bits per heavy atom. The Hall–Kier alpha value is -1.94. The van der Waals surface area contributed by atoms with Gasteiger partial charge in [0.25, 0.3) is 0 Å². The van der Waals surface area contributed by atoms with Gasteiger partial charge >= 0.3 is 0 Å². The first-order chi connectivity index (χ1) is 10.2. The van der Waals surface area contributed by atoms with Crippen LogP contribution in [0.3, 0.4) is 0 Å². The van der Waals surface area contributed by atoms with E-state index >= 15 is 0 Å². The molecule has 0 saturated heterocycles. The highest BCUT2D eigenvalue weighted by Gasteiger charge is 2.13. The van der Waals surface area contributed by atoms with Crippen molar-refractivity contribution in [2.45, 2.75) is 11.7 Å². The van der Waals surface area contributed by atoms with Gasteiger partial charge in [-0.05, 0) is 41.7 Å². The molecule has 0 bridgehead atoms. The normalized spacial score (nSPS) is 17.0. The van der Waals surface area contributed by atoms with E-state index in [0.29, 0.717) is 5.25 Å². The zero-order valence-corrected chi connectivity index (χ0v) is 13.1. The molecule has 0 aliphatic carbocycles. The van der Waals surface area contributed by atoms with E-state index in [0.717, 1.165) is 17.9 Å². The molecule has 0 amide bonds. The zero-order valence-electron chi connectivity index (χ0n) is 12.3. The van der Waals surface area contributed by atoms with E-state index in [4.69, 9.17) is 0 Å². The lowest BCUT2D eigenvalue weighted by atomic mass is 10.1. The van der Waals surface area contributed by atoms with Gasteiger partial charge in [0.05, 0.1) is 0 Å². The minimum absolute atomic E-state index is 0.531. The van der Waals surface area contributed by atoms with Crippen molar-refractivity contribution in [3.05, 3.63) is 59.6 Å². The number of nitrogens with one attached hydrogen (secondary N) is 1. The monoisotopic (exact) mass is 297 g/mol. The molecule has 1 aromatic carbocycles. The van der Waals surface area contributed by atoms with Crippen LogP contribution in [0.1, 0.15) is 17.2 Å². The first-order valence-corrected chi connectivity index (χ1v) is 7.97. The lowest BCUT2D eigenvalue weighted by Gasteiger charge is -2.14. The fourth-order valence-corrected chi connectivity index (χ4v) is 3.21. The quantitative estimate of drug-likeness (QED) is 0.894. The second-order valence-electron chi connectivity index (χ2n) is 5.28. The molecule has 4 heteroatoms. The van der Waals surface area contributed by atoms with Crippen LogP contribution in [0, 0.1) is 0 Å². The molecule has 3 rings (SSSR count). The van der Waals surface area contributed by atoms with Crippen LogP contribution < -0.4 is 10.2 Å². The minimum atomic E-state index is 0.531. The van der Waals surface area contributed by atoms with Crippen LogP contribution in [-0.4, -0.2) is 19.1 Å². The molecule has 1 aliphatic rings. The molecular weight excluding hydrogens is 278 g/mol. The van der Waals surface area contributed by atoms with Crippen LogP contribution in [0.4, 0.5) is 17.2 Å². The number of aromatic nitrogens is 1. The summed E-state index contributed by atoms with van der Waals surface area (Å²) in [6.45, 7) is 0. The summed E-state index contributed by atoms with van der Waals surface area (Å²) >= 11 is 1.86. The molecule has 1 aliphatic heterocycles. The Balaban J connectivity index is 1.71. The summed E-state index contributed by atoms with van der Waals surface area (Å²) in [5.41, 5.74) is 3.51. The molecular formula is C17H19N3S. The summed E-state index contributed by atoms with van der Waals surface area (Å²) in [6, 6.07) is 12.5. The Morgan fingerprint density at radius 1 is 1.24 bits per heavy atom. The number of thioether (sulfide) groups is 1. The lowest BCUT2D eigenvalue weighted by molar-refractivity contribution is 0.977. The van der Waals surface area contributed by atoms with E-state index in [9.17, 15) is 0 Å². The first-order valence-electron chi connectivity index (χ1n) is 7.03. The van der Waals surface area contributed by atoms with Crippen LogP contribution in [-0.2, 0) is 0 Å². The summed E-state index contributed by atoms with van der Waals surface area (Å²) in [5, 5.41) is 6.06. The maximum absolute atomic E-state index is 4.53. The molecule has 1 unspecified atom stereocenters. The van der Waals surface area contributed by atoms with Crippen molar-refractivity contribution in [3.63, 3.8) is 0 Å². The second-order valence-corrected chi connectivity index (χ2v) is 6.39. The van der Waals surface area contributed by atoms with Crippen LogP contribution in [0.2, 0.25) is 0 Å². The van der Waals surface area contributed by atoms with Crippen molar-refractivity contribution < 1.29 is 0 Å². The molecule has 1 atom stereocenters. The smallest absolute Gasteiger partial charge is 0.130 e. The topological polar surface area (TPSA) is 28.2 Å². The predicted octanol–water partition coefficient (Wildman–Crippen LogP) is 4.58. The van der Waals surface area contributed by atoms with Gasteiger partial charge in [0, 0.05) is 36.9 Å². The summed E-state index contributed by atoms with van der Waals surface area (Å²) in [5.74, 6) is 0.880. The maximum atomic E-state index is 4.53. The number of rotatable bonds is 4. The van der Waals surface area contributed by atoms with Gasteiger partial charge in [0.2, 0.25) is 0 Å². The van der Waals surface area contributed by atoms with Gasteiger partial charge in [-0.25, -0.2) is 4.98 Å². The van der Waals surface area contributed by atoms with Crippen molar-refractivity contribution in [1.82, 2.24) is 4.98 Å². The third-order valence-corrected chi connectivity index (χ3v) is 4.63. The van der Waals surface area contributed by atoms with Crippen LogP contribution in [0.15, 0.2) is 54.1 Å². The summed E-state index contributed by atoms with van der Waals surface area (Å²) in [6.07, 6.45) is 5.29. The number of anilines is 3. The Kier molecular flexibility index (Phi) is 4.15. The third-order valence-electron chi connectivity index (χ3n) is 3.48.